The van der Waals surface area contributed by atoms with Gasteiger partial charge in [-0.1, -0.05) is 45.9 Å². The van der Waals surface area contributed by atoms with E-state index < -0.39 is 17.4 Å². The van der Waals surface area contributed by atoms with Crippen molar-refractivity contribution in [3.05, 3.63) is 64.2 Å². The molecular formula is C25H30O6. The average molecular weight is 427 g/mol. The monoisotopic (exact) mass is 426 g/mol. The lowest BCUT2D eigenvalue weighted by Gasteiger charge is -2.18. The zero-order valence-electron chi connectivity index (χ0n) is 18.5. The van der Waals surface area contributed by atoms with E-state index in [-0.39, 0.29) is 23.5 Å². The SMILES string of the molecule is CCc1cc(CCCc2ccc(C(=O)O)c(C(=O)O)c2)ccc1OCC(=O)C(C)(C)C. The van der Waals surface area contributed by atoms with Crippen molar-refractivity contribution in [1.29, 1.82) is 0 Å². The Kier molecular flexibility index (Phi) is 7.97. The fourth-order valence-electron chi connectivity index (χ4n) is 3.17. The van der Waals surface area contributed by atoms with Crippen molar-refractivity contribution in [2.45, 2.75) is 53.4 Å². The summed E-state index contributed by atoms with van der Waals surface area (Å²) in [4.78, 5) is 34.6. The summed E-state index contributed by atoms with van der Waals surface area (Å²) in [6.07, 6.45) is 3.00. The zero-order chi connectivity index (χ0) is 23.2. The van der Waals surface area contributed by atoms with Crippen LogP contribution in [0, 0.1) is 5.41 Å². The number of rotatable bonds is 10. The first kappa shape index (κ1) is 24.1. The van der Waals surface area contributed by atoms with E-state index in [0.717, 1.165) is 41.7 Å². The molecule has 2 aromatic rings. The molecule has 6 heteroatoms. The molecule has 31 heavy (non-hydrogen) atoms. The third-order valence-electron chi connectivity index (χ3n) is 5.18. The predicted molar refractivity (Wildman–Crippen MR) is 118 cm³/mol. The van der Waals surface area contributed by atoms with E-state index in [0.29, 0.717) is 6.42 Å². The highest BCUT2D eigenvalue weighted by atomic mass is 16.5. The minimum atomic E-state index is -1.25. The van der Waals surface area contributed by atoms with Crippen molar-refractivity contribution < 1.29 is 29.3 Å². The number of carbonyl (C=O) groups excluding carboxylic acids is 1. The van der Waals surface area contributed by atoms with Gasteiger partial charge >= 0.3 is 11.9 Å². The van der Waals surface area contributed by atoms with Crippen molar-refractivity contribution >= 4 is 17.7 Å². The molecule has 0 atom stereocenters. The van der Waals surface area contributed by atoms with E-state index >= 15 is 0 Å². The summed E-state index contributed by atoms with van der Waals surface area (Å²) in [7, 11) is 0. The number of ketones is 1. The molecule has 0 unspecified atom stereocenters. The molecule has 0 saturated heterocycles. The van der Waals surface area contributed by atoms with Gasteiger partial charge in [0.2, 0.25) is 0 Å². The van der Waals surface area contributed by atoms with Gasteiger partial charge in [-0.05, 0) is 60.6 Å². The summed E-state index contributed by atoms with van der Waals surface area (Å²) >= 11 is 0. The predicted octanol–water partition coefficient (Wildman–Crippen LogP) is 4.81. The van der Waals surface area contributed by atoms with Crippen LogP contribution in [0.1, 0.15) is 71.5 Å². The topological polar surface area (TPSA) is 101 Å². The van der Waals surface area contributed by atoms with Gasteiger partial charge in [0.05, 0.1) is 11.1 Å². The minimum absolute atomic E-state index is 0.0493. The second-order valence-corrected chi connectivity index (χ2v) is 8.60. The second kappa shape index (κ2) is 10.2. The number of ether oxygens (including phenoxy) is 1. The molecule has 0 aliphatic carbocycles. The van der Waals surface area contributed by atoms with Gasteiger partial charge in [0, 0.05) is 5.41 Å². The van der Waals surface area contributed by atoms with Crippen LogP contribution in [0.5, 0.6) is 5.75 Å². The molecule has 0 fully saturated rings. The minimum Gasteiger partial charge on any atom is -0.486 e. The maximum atomic E-state index is 12.1. The van der Waals surface area contributed by atoms with Crippen LogP contribution in [0.25, 0.3) is 0 Å². The molecule has 0 aliphatic rings. The Morgan fingerprint density at radius 1 is 0.871 bits per heavy atom. The van der Waals surface area contributed by atoms with Crippen molar-refractivity contribution in [3.63, 3.8) is 0 Å². The summed E-state index contributed by atoms with van der Waals surface area (Å²) in [5.41, 5.74) is 2.13. The van der Waals surface area contributed by atoms with Gasteiger partial charge in [-0.15, -0.1) is 0 Å². The maximum absolute atomic E-state index is 12.1. The van der Waals surface area contributed by atoms with E-state index in [1.165, 1.54) is 12.1 Å². The van der Waals surface area contributed by atoms with E-state index in [1.54, 1.807) is 6.07 Å². The zero-order valence-corrected chi connectivity index (χ0v) is 18.5. The Balaban J connectivity index is 2.01. The molecule has 166 valence electrons. The molecule has 0 radical (unpaired) electrons. The number of carboxylic acids is 2. The van der Waals surface area contributed by atoms with Gasteiger partial charge in [0.15, 0.2) is 5.78 Å². The second-order valence-electron chi connectivity index (χ2n) is 8.60. The summed E-state index contributed by atoms with van der Waals surface area (Å²) in [5, 5.41) is 18.4. The molecule has 0 heterocycles. The number of hydrogen-bond acceptors (Lipinski definition) is 4. The van der Waals surface area contributed by atoms with Crippen LogP contribution in [-0.2, 0) is 24.1 Å². The molecule has 0 aromatic heterocycles. The molecule has 2 rings (SSSR count). The first-order chi connectivity index (χ1) is 14.5. The van der Waals surface area contributed by atoms with Gasteiger partial charge in [0.25, 0.3) is 0 Å². The average Bonchev–Trinajstić information content (AvgIpc) is 2.71. The van der Waals surface area contributed by atoms with Crippen molar-refractivity contribution in [2.24, 2.45) is 5.41 Å². The van der Waals surface area contributed by atoms with Crippen molar-refractivity contribution in [3.8, 4) is 5.75 Å². The van der Waals surface area contributed by atoms with E-state index in [2.05, 4.69) is 6.07 Å². The summed E-state index contributed by atoms with van der Waals surface area (Å²) in [6.45, 7) is 7.70. The van der Waals surface area contributed by atoms with Gasteiger partial charge in [-0.3, -0.25) is 4.79 Å². The van der Waals surface area contributed by atoms with Gasteiger partial charge in [0.1, 0.15) is 12.4 Å². The first-order valence-electron chi connectivity index (χ1n) is 10.4. The lowest BCUT2D eigenvalue weighted by atomic mass is 9.91. The van der Waals surface area contributed by atoms with Crippen LogP contribution >= 0.6 is 0 Å². The molecule has 0 aliphatic heterocycles. The van der Waals surface area contributed by atoms with Gasteiger partial charge < -0.3 is 14.9 Å². The first-order valence-corrected chi connectivity index (χ1v) is 10.4. The van der Waals surface area contributed by atoms with E-state index in [9.17, 15) is 19.5 Å². The molecule has 0 amide bonds. The van der Waals surface area contributed by atoms with Gasteiger partial charge in [-0.25, -0.2) is 9.59 Å². The highest BCUT2D eigenvalue weighted by Crippen LogP contribution is 2.24. The number of aromatic carboxylic acids is 2. The largest absolute Gasteiger partial charge is 0.486 e. The molecule has 2 aromatic carbocycles. The highest BCUT2D eigenvalue weighted by molar-refractivity contribution is 6.01. The summed E-state index contributed by atoms with van der Waals surface area (Å²) in [5.74, 6) is -1.72. The maximum Gasteiger partial charge on any atom is 0.336 e. The van der Waals surface area contributed by atoms with Crippen molar-refractivity contribution in [1.82, 2.24) is 0 Å². The third kappa shape index (κ3) is 6.67. The summed E-state index contributed by atoms with van der Waals surface area (Å²) in [6, 6.07) is 10.4. The molecule has 6 nitrogen and oxygen atoms in total. The summed E-state index contributed by atoms with van der Waals surface area (Å²) < 4.78 is 5.76. The van der Waals surface area contributed by atoms with E-state index in [1.807, 2.05) is 39.8 Å². The van der Waals surface area contributed by atoms with Crippen LogP contribution in [0.2, 0.25) is 0 Å². The van der Waals surface area contributed by atoms with Crippen LogP contribution in [0.4, 0.5) is 0 Å². The van der Waals surface area contributed by atoms with E-state index in [4.69, 9.17) is 9.84 Å². The normalized spacial score (nSPS) is 11.2. The van der Waals surface area contributed by atoms with Crippen LogP contribution in [0.3, 0.4) is 0 Å². The number of aryl methyl sites for hydroxylation is 3. The number of benzene rings is 2. The number of hydrogen-bond donors (Lipinski definition) is 2. The number of carbonyl (C=O) groups is 3. The third-order valence-corrected chi connectivity index (χ3v) is 5.18. The fraction of sp³-hybridized carbons (Fsp3) is 0.400. The van der Waals surface area contributed by atoms with Crippen LogP contribution in [0.15, 0.2) is 36.4 Å². The number of carboxylic acid groups (broad SMARTS) is 2. The van der Waals surface area contributed by atoms with Gasteiger partial charge in [-0.2, -0.15) is 0 Å². The molecule has 0 bridgehead atoms. The Bertz CT molecular complexity index is 968. The Hall–Kier alpha value is -3.15. The molecule has 2 N–H and O–H groups in total. The Morgan fingerprint density at radius 2 is 1.45 bits per heavy atom. The lowest BCUT2D eigenvalue weighted by Crippen LogP contribution is -2.26. The molecule has 0 spiro atoms. The molecular weight excluding hydrogens is 396 g/mol. The lowest BCUT2D eigenvalue weighted by molar-refractivity contribution is -0.128. The van der Waals surface area contributed by atoms with Crippen LogP contribution in [-0.4, -0.2) is 34.5 Å². The Morgan fingerprint density at radius 3 is 2.00 bits per heavy atom. The quantitative estimate of drug-likeness (QED) is 0.565. The smallest absolute Gasteiger partial charge is 0.336 e. The Labute approximate surface area is 182 Å². The standard InChI is InChI=1S/C25H30O6/c1-5-18-13-16(10-12-21(18)31-15-22(26)25(2,3)4)7-6-8-17-9-11-19(23(27)28)20(14-17)24(29)30/h9-14H,5-8,15H2,1-4H3,(H,27,28)(H,29,30). The molecule has 0 saturated carbocycles. The number of Topliss-reactive ketones (excluding diaryl/α,β-unsaturated/α-hetero) is 1. The fourth-order valence-corrected chi connectivity index (χ4v) is 3.17. The van der Waals surface area contributed by atoms with Crippen LogP contribution < -0.4 is 4.74 Å². The van der Waals surface area contributed by atoms with Crippen molar-refractivity contribution in [2.75, 3.05) is 6.61 Å². The highest BCUT2D eigenvalue weighted by Gasteiger charge is 2.22.